The zero-order valence-electron chi connectivity index (χ0n) is 19.7. The van der Waals surface area contributed by atoms with Crippen LogP contribution in [0.25, 0.3) is 0 Å². The summed E-state index contributed by atoms with van der Waals surface area (Å²) in [5.74, 6) is -0.114. The molecule has 0 saturated carbocycles. The highest BCUT2D eigenvalue weighted by atomic mass is 35.5. The van der Waals surface area contributed by atoms with Crippen LogP contribution >= 0.6 is 11.6 Å². The molecule has 1 atom stereocenters. The summed E-state index contributed by atoms with van der Waals surface area (Å²) >= 11 is 6.60. The van der Waals surface area contributed by atoms with Crippen molar-refractivity contribution in [2.45, 2.75) is 19.9 Å². The highest BCUT2D eigenvalue weighted by molar-refractivity contribution is 6.31. The Balaban J connectivity index is 1.55. The molecule has 0 unspecified atom stereocenters. The number of amides is 2. The van der Waals surface area contributed by atoms with Crippen LogP contribution in [-0.2, 0) is 4.79 Å². The van der Waals surface area contributed by atoms with E-state index in [0.717, 1.165) is 5.56 Å². The van der Waals surface area contributed by atoms with Crippen molar-refractivity contribution in [1.29, 1.82) is 0 Å². The quantitative estimate of drug-likeness (QED) is 0.314. The average molecular weight is 498 g/mol. The number of nitrogens with one attached hydrogen (secondary N) is 3. The maximum Gasteiger partial charge on any atom is 0.261 e. The van der Waals surface area contributed by atoms with E-state index in [-0.39, 0.29) is 11.8 Å². The number of rotatable bonds is 5. The van der Waals surface area contributed by atoms with Crippen molar-refractivity contribution < 1.29 is 9.59 Å². The predicted molar refractivity (Wildman–Crippen MR) is 142 cm³/mol. The summed E-state index contributed by atoms with van der Waals surface area (Å²) in [5, 5.41) is 14.1. The fourth-order valence-electron chi connectivity index (χ4n) is 4.25. The molecule has 7 nitrogen and oxygen atoms in total. The Bertz CT molecular complexity index is 1480. The van der Waals surface area contributed by atoms with Gasteiger partial charge < -0.3 is 16.0 Å². The number of carbonyl (C=O) groups is 2. The van der Waals surface area contributed by atoms with Gasteiger partial charge in [0.25, 0.3) is 11.8 Å². The summed E-state index contributed by atoms with van der Waals surface area (Å²) in [5.41, 5.74) is 4.56. The standard InChI is InChI=1S/C28H24ClN5O2/c1-17-12-14-20(15-13-17)32-27(35)22-16-30-34-25(21-10-6-7-11-23(21)29)24(18(2)31-26(22)34)28(36)33-19-8-4-3-5-9-19/h3-16,25,31H,1-2H3,(H,32,35)(H,33,36)/t25-/m0/s1. The van der Waals surface area contributed by atoms with Crippen molar-refractivity contribution in [3.05, 3.63) is 118 Å². The van der Waals surface area contributed by atoms with Crippen LogP contribution < -0.4 is 16.0 Å². The number of aryl methyl sites for hydroxylation is 1. The van der Waals surface area contributed by atoms with Gasteiger partial charge in [-0.1, -0.05) is 65.7 Å². The highest BCUT2D eigenvalue weighted by Crippen LogP contribution is 2.40. The second-order valence-electron chi connectivity index (χ2n) is 8.58. The molecular formula is C28H24ClN5O2. The minimum atomic E-state index is -0.639. The van der Waals surface area contributed by atoms with E-state index in [0.29, 0.717) is 44.6 Å². The zero-order chi connectivity index (χ0) is 25.2. The molecule has 5 rings (SSSR count). The number of carbonyl (C=O) groups excluding carboxylic acids is 2. The van der Waals surface area contributed by atoms with E-state index in [1.54, 1.807) is 10.7 Å². The number of benzene rings is 3. The Morgan fingerprint density at radius 1 is 0.861 bits per heavy atom. The van der Waals surface area contributed by atoms with Crippen LogP contribution in [0.1, 0.15) is 34.5 Å². The van der Waals surface area contributed by atoms with Crippen molar-refractivity contribution in [2.24, 2.45) is 0 Å². The topological polar surface area (TPSA) is 88.0 Å². The molecule has 0 aliphatic carbocycles. The van der Waals surface area contributed by atoms with Crippen LogP contribution in [0.3, 0.4) is 0 Å². The van der Waals surface area contributed by atoms with Gasteiger partial charge in [-0.15, -0.1) is 0 Å². The van der Waals surface area contributed by atoms with Gasteiger partial charge in [0.1, 0.15) is 17.4 Å². The zero-order valence-corrected chi connectivity index (χ0v) is 20.5. The number of anilines is 3. The second-order valence-corrected chi connectivity index (χ2v) is 8.99. The normalized spacial score (nSPS) is 14.6. The first-order valence-electron chi connectivity index (χ1n) is 11.5. The van der Waals surface area contributed by atoms with Crippen LogP contribution in [0.15, 0.2) is 96.3 Å². The minimum absolute atomic E-state index is 0.289. The molecule has 0 radical (unpaired) electrons. The molecule has 36 heavy (non-hydrogen) atoms. The third-order valence-corrected chi connectivity index (χ3v) is 6.40. The van der Waals surface area contributed by atoms with Crippen molar-refractivity contribution in [3.63, 3.8) is 0 Å². The molecule has 0 saturated heterocycles. The Hall–Kier alpha value is -4.36. The Morgan fingerprint density at radius 2 is 1.50 bits per heavy atom. The first-order valence-corrected chi connectivity index (χ1v) is 11.8. The number of hydrogen-bond acceptors (Lipinski definition) is 4. The maximum absolute atomic E-state index is 13.5. The van der Waals surface area contributed by atoms with Crippen LogP contribution in [-0.4, -0.2) is 21.6 Å². The number of nitrogens with zero attached hydrogens (tertiary/aromatic N) is 2. The van der Waals surface area contributed by atoms with E-state index < -0.39 is 6.04 Å². The third kappa shape index (κ3) is 4.48. The number of allylic oxidation sites excluding steroid dienone is 1. The Kier molecular flexibility index (Phi) is 6.31. The first kappa shape index (κ1) is 23.4. The SMILES string of the molecule is CC1=C(C(=O)Nc2ccccc2)[C@H](c2ccccc2Cl)n2ncc(C(=O)Nc3ccc(C)cc3)c2N1. The van der Waals surface area contributed by atoms with Crippen molar-refractivity contribution >= 4 is 40.6 Å². The lowest BCUT2D eigenvalue weighted by atomic mass is 9.94. The number of fused-ring (bicyclic) bond motifs is 1. The maximum atomic E-state index is 13.5. The van der Waals surface area contributed by atoms with Gasteiger partial charge in [-0.3, -0.25) is 9.59 Å². The van der Waals surface area contributed by atoms with E-state index in [1.807, 2.05) is 86.6 Å². The number of hydrogen-bond donors (Lipinski definition) is 3. The molecule has 8 heteroatoms. The van der Waals surface area contributed by atoms with Crippen LogP contribution in [0.4, 0.5) is 17.2 Å². The lowest BCUT2D eigenvalue weighted by molar-refractivity contribution is -0.113. The monoisotopic (exact) mass is 497 g/mol. The van der Waals surface area contributed by atoms with E-state index in [4.69, 9.17) is 11.6 Å². The summed E-state index contributed by atoms with van der Waals surface area (Å²) in [6.45, 7) is 3.79. The van der Waals surface area contributed by atoms with Crippen LogP contribution in [0, 0.1) is 6.92 Å². The van der Waals surface area contributed by atoms with E-state index in [1.165, 1.54) is 6.20 Å². The van der Waals surface area contributed by atoms with Gasteiger partial charge in [0.2, 0.25) is 0 Å². The fourth-order valence-corrected chi connectivity index (χ4v) is 4.49. The van der Waals surface area contributed by atoms with E-state index in [9.17, 15) is 9.59 Å². The molecule has 0 spiro atoms. The van der Waals surface area contributed by atoms with Crippen molar-refractivity contribution in [3.8, 4) is 0 Å². The molecule has 0 bridgehead atoms. The number of halogens is 1. The van der Waals surface area contributed by atoms with Gasteiger partial charge in [0, 0.05) is 27.7 Å². The largest absolute Gasteiger partial charge is 0.343 e. The Labute approximate surface area is 213 Å². The lowest BCUT2D eigenvalue weighted by Crippen LogP contribution is -2.32. The van der Waals surface area contributed by atoms with E-state index in [2.05, 4.69) is 21.0 Å². The first-order chi connectivity index (χ1) is 17.4. The minimum Gasteiger partial charge on any atom is -0.343 e. The number of para-hydroxylation sites is 1. The third-order valence-electron chi connectivity index (χ3n) is 6.05. The second kappa shape index (κ2) is 9.71. The molecule has 0 fully saturated rings. The van der Waals surface area contributed by atoms with Gasteiger partial charge in [-0.2, -0.15) is 5.10 Å². The summed E-state index contributed by atoms with van der Waals surface area (Å²) in [4.78, 5) is 26.7. The van der Waals surface area contributed by atoms with Crippen molar-refractivity contribution in [1.82, 2.24) is 9.78 Å². The van der Waals surface area contributed by atoms with Gasteiger partial charge in [-0.05, 0) is 44.2 Å². The van der Waals surface area contributed by atoms with Gasteiger partial charge in [0.15, 0.2) is 0 Å². The number of aromatic nitrogens is 2. The summed E-state index contributed by atoms with van der Waals surface area (Å²) < 4.78 is 1.64. The molecule has 1 aliphatic rings. The molecule has 1 aromatic heterocycles. The molecule has 1 aliphatic heterocycles. The molecular weight excluding hydrogens is 474 g/mol. The van der Waals surface area contributed by atoms with Gasteiger partial charge in [-0.25, -0.2) is 4.68 Å². The molecule has 180 valence electrons. The lowest BCUT2D eigenvalue weighted by Gasteiger charge is -2.30. The average Bonchev–Trinajstić information content (AvgIpc) is 3.29. The van der Waals surface area contributed by atoms with Gasteiger partial charge in [0.05, 0.1) is 11.8 Å². The van der Waals surface area contributed by atoms with Crippen molar-refractivity contribution in [2.75, 3.05) is 16.0 Å². The van der Waals surface area contributed by atoms with Gasteiger partial charge >= 0.3 is 0 Å². The summed E-state index contributed by atoms with van der Waals surface area (Å²) in [6, 6.07) is 23.5. The summed E-state index contributed by atoms with van der Waals surface area (Å²) in [7, 11) is 0. The molecule has 2 heterocycles. The Morgan fingerprint density at radius 3 is 2.22 bits per heavy atom. The van der Waals surface area contributed by atoms with Crippen LogP contribution in [0.2, 0.25) is 5.02 Å². The highest BCUT2D eigenvalue weighted by Gasteiger charge is 2.36. The molecule has 2 amide bonds. The molecule has 3 N–H and O–H groups in total. The summed E-state index contributed by atoms with van der Waals surface area (Å²) in [6.07, 6.45) is 1.50. The molecule has 3 aromatic carbocycles. The predicted octanol–water partition coefficient (Wildman–Crippen LogP) is 6.02. The smallest absolute Gasteiger partial charge is 0.261 e. The molecule has 4 aromatic rings. The fraction of sp³-hybridized carbons (Fsp3) is 0.107. The van der Waals surface area contributed by atoms with Crippen LogP contribution in [0.5, 0.6) is 0 Å². The van der Waals surface area contributed by atoms with E-state index >= 15 is 0 Å².